The summed E-state index contributed by atoms with van der Waals surface area (Å²) >= 11 is 0. The molecule has 2 rings (SSSR count). The number of nitrogens with two attached hydrogens (primary N) is 1. The predicted octanol–water partition coefficient (Wildman–Crippen LogP) is 0.0312. The van der Waals surface area contributed by atoms with Gasteiger partial charge >= 0.3 is 0 Å². The highest BCUT2D eigenvalue weighted by molar-refractivity contribution is 5.88. The lowest BCUT2D eigenvalue weighted by molar-refractivity contribution is -0.139. The number of oxime groups is 1. The van der Waals surface area contributed by atoms with Gasteiger partial charge in [-0.1, -0.05) is 17.3 Å². The van der Waals surface area contributed by atoms with Crippen molar-refractivity contribution < 1.29 is 19.5 Å². The maximum Gasteiger partial charge on any atom is 0.267 e. The number of carbonyl (C=O) groups excluding carboxylic acids is 1. The number of carbonyl (C=O) groups is 1. The fourth-order valence-corrected chi connectivity index (χ4v) is 1.74. The number of hydrogen-bond donors (Lipinski definition) is 2. The van der Waals surface area contributed by atoms with Crippen molar-refractivity contribution in [2.24, 2.45) is 10.9 Å². The number of rotatable bonds is 3. The van der Waals surface area contributed by atoms with E-state index in [-0.39, 0.29) is 24.9 Å². The van der Waals surface area contributed by atoms with Crippen LogP contribution in [-0.4, -0.2) is 48.2 Å². The fourth-order valence-electron chi connectivity index (χ4n) is 1.74. The molecule has 0 saturated carbocycles. The quantitative estimate of drug-likeness (QED) is 0.348. The number of benzene rings is 1. The minimum Gasteiger partial charge on any atom is -0.485 e. The molecule has 1 heterocycles. The Morgan fingerprint density at radius 2 is 2.21 bits per heavy atom. The molecule has 0 saturated heterocycles. The minimum atomic E-state index is -0.730. The molecule has 102 valence electrons. The first kappa shape index (κ1) is 13.0. The second-order valence-electron chi connectivity index (χ2n) is 4.15. The van der Waals surface area contributed by atoms with E-state index < -0.39 is 6.10 Å². The van der Waals surface area contributed by atoms with Gasteiger partial charge in [-0.25, -0.2) is 0 Å². The lowest BCUT2D eigenvalue weighted by Crippen LogP contribution is -2.47. The molecule has 1 aromatic carbocycles. The highest BCUT2D eigenvalue weighted by atomic mass is 16.6. The number of amidine groups is 1. The van der Waals surface area contributed by atoms with Gasteiger partial charge in [0.15, 0.2) is 17.3 Å². The zero-order chi connectivity index (χ0) is 13.8. The van der Waals surface area contributed by atoms with Crippen molar-refractivity contribution in [1.29, 1.82) is 0 Å². The molecular formula is C12H15N3O4. The summed E-state index contributed by atoms with van der Waals surface area (Å²) in [6, 6.07) is 7.14. The number of amides is 1. The first-order valence-corrected chi connectivity index (χ1v) is 5.71. The van der Waals surface area contributed by atoms with E-state index in [0.717, 1.165) is 0 Å². The summed E-state index contributed by atoms with van der Waals surface area (Å²) in [6.07, 6.45) is -0.730. The Hall–Kier alpha value is -2.44. The van der Waals surface area contributed by atoms with Crippen molar-refractivity contribution in [3.8, 4) is 11.5 Å². The lowest BCUT2D eigenvalue weighted by Gasteiger charge is -2.28. The molecule has 1 aromatic rings. The van der Waals surface area contributed by atoms with Gasteiger partial charge in [0.1, 0.15) is 6.61 Å². The van der Waals surface area contributed by atoms with Crippen LogP contribution in [-0.2, 0) is 4.79 Å². The van der Waals surface area contributed by atoms with Crippen LogP contribution in [0.1, 0.15) is 0 Å². The number of para-hydroxylation sites is 2. The van der Waals surface area contributed by atoms with Crippen LogP contribution < -0.4 is 15.2 Å². The molecule has 0 fully saturated rings. The molecule has 7 nitrogen and oxygen atoms in total. The summed E-state index contributed by atoms with van der Waals surface area (Å²) in [5.41, 5.74) is 5.35. The molecule has 0 bridgehead atoms. The van der Waals surface area contributed by atoms with Crippen LogP contribution in [0.5, 0.6) is 11.5 Å². The van der Waals surface area contributed by atoms with Gasteiger partial charge in [0.05, 0.1) is 6.54 Å². The van der Waals surface area contributed by atoms with Crippen LogP contribution in [0, 0.1) is 0 Å². The molecule has 0 aliphatic carbocycles. The van der Waals surface area contributed by atoms with E-state index >= 15 is 0 Å². The van der Waals surface area contributed by atoms with E-state index in [9.17, 15) is 4.79 Å². The lowest BCUT2D eigenvalue weighted by atomic mass is 10.2. The average molecular weight is 265 g/mol. The van der Waals surface area contributed by atoms with E-state index in [1.807, 2.05) is 6.07 Å². The van der Waals surface area contributed by atoms with Gasteiger partial charge in [-0.3, -0.25) is 4.79 Å². The predicted molar refractivity (Wildman–Crippen MR) is 67.4 cm³/mol. The Balaban J connectivity index is 2.02. The Kier molecular flexibility index (Phi) is 3.74. The van der Waals surface area contributed by atoms with Gasteiger partial charge in [0.2, 0.25) is 6.10 Å². The van der Waals surface area contributed by atoms with Gasteiger partial charge in [-0.15, -0.1) is 0 Å². The number of hydrogen-bond acceptors (Lipinski definition) is 5. The van der Waals surface area contributed by atoms with E-state index in [2.05, 4.69) is 5.16 Å². The summed E-state index contributed by atoms with van der Waals surface area (Å²) in [6.45, 7) is 0.160. The normalized spacial score (nSPS) is 17.9. The number of ether oxygens (including phenoxy) is 2. The molecule has 3 N–H and O–H groups in total. The maximum atomic E-state index is 12.1. The Morgan fingerprint density at radius 3 is 2.89 bits per heavy atom. The van der Waals surface area contributed by atoms with E-state index in [4.69, 9.17) is 20.4 Å². The van der Waals surface area contributed by atoms with Gasteiger partial charge in [-0.2, -0.15) is 0 Å². The third-order valence-electron chi connectivity index (χ3n) is 2.69. The molecule has 1 amide bonds. The van der Waals surface area contributed by atoms with Gasteiger partial charge < -0.3 is 25.3 Å². The highest BCUT2D eigenvalue weighted by Gasteiger charge is 2.29. The molecule has 1 aliphatic rings. The third-order valence-corrected chi connectivity index (χ3v) is 2.69. The molecule has 19 heavy (non-hydrogen) atoms. The summed E-state index contributed by atoms with van der Waals surface area (Å²) < 4.78 is 11.0. The fraction of sp³-hybridized carbons (Fsp3) is 0.333. The van der Waals surface area contributed by atoms with Crippen LogP contribution in [0.4, 0.5) is 0 Å². The van der Waals surface area contributed by atoms with Crippen molar-refractivity contribution in [2.45, 2.75) is 6.10 Å². The standard InChI is InChI=1S/C12H15N3O4/c1-15(6-11(13)14-17)12(16)10-7-18-8-4-2-3-5-9(8)19-10/h2-5,10,17H,6-7H2,1H3,(H2,13,14). The van der Waals surface area contributed by atoms with Crippen LogP contribution in [0.3, 0.4) is 0 Å². The number of fused-ring (bicyclic) bond motifs is 1. The molecule has 0 radical (unpaired) electrons. The second kappa shape index (κ2) is 5.47. The largest absolute Gasteiger partial charge is 0.485 e. The Labute approximate surface area is 110 Å². The second-order valence-corrected chi connectivity index (χ2v) is 4.15. The van der Waals surface area contributed by atoms with Crippen LogP contribution in [0.25, 0.3) is 0 Å². The monoisotopic (exact) mass is 265 g/mol. The third kappa shape index (κ3) is 2.87. The van der Waals surface area contributed by atoms with Crippen molar-refractivity contribution in [3.63, 3.8) is 0 Å². The molecule has 0 spiro atoms. The summed E-state index contributed by atoms with van der Waals surface area (Å²) in [5, 5.41) is 11.3. The maximum absolute atomic E-state index is 12.1. The zero-order valence-corrected chi connectivity index (χ0v) is 10.4. The van der Waals surface area contributed by atoms with E-state index in [1.54, 1.807) is 25.2 Å². The first-order valence-electron chi connectivity index (χ1n) is 5.71. The highest BCUT2D eigenvalue weighted by Crippen LogP contribution is 2.31. The first-order chi connectivity index (χ1) is 9.11. The summed E-state index contributed by atoms with van der Waals surface area (Å²) in [7, 11) is 1.55. The summed E-state index contributed by atoms with van der Waals surface area (Å²) in [5.74, 6) is 0.809. The van der Waals surface area contributed by atoms with E-state index in [1.165, 1.54) is 4.90 Å². The van der Waals surface area contributed by atoms with Gasteiger partial charge in [0.25, 0.3) is 5.91 Å². The van der Waals surface area contributed by atoms with Crippen molar-refractivity contribution in [3.05, 3.63) is 24.3 Å². The molecule has 1 atom stereocenters. The smallest absolute Gasteiger partial charge is 0.267 e. The molecule has 1 aliphatic heterocycles. The van der Waals surface area contributed by atoms with Gasteiger partial charge in [-0.05, 0) is 12.1 Å². The number of likely N-dealkylation sites (N-methyl/N-ethyl adjacent to an activating group) is 1. The van der Waals surface area contributed by atoms with Crippen molar-refractivity contribution in [2.75, 3.05) is 20.2 Å². The Bertz CT molecular complexity index is 504. The molecule has 1 unspecified atom stereocenters. The van der Waals surface area contributed by atoms with Crippen molar-refractivity contribution >= 4 is 11.7 Å². The molecular weight excluding hydrogens is 250 g/mol. The zero-order valence-electron chi connectivity index (χ0n) is 10.4. The SMILES string of the molecule is CN(CC(N)=NO)C(=O)C1COc2ccccc2O1. The van der Waals surface area contributed by atoms with Crippen LogP contribution >= 0.6 is 0 Å². The van der Waals surface area contributed by atoms with Gasteiger partial charge in [0, 0.05) is 7.05 Å². The Morgan fingerprint density at radius 1 is 1.53 bits per heavy atom. The topological polar surface area (TPSA) is 97.4 Å². The van der Waals surface area contributed by atoms with Crippen LogP contribution in [0.2, 0.25) is 0 Å². The number of nitrogens with zero attached hydrogens (tertiary/aromatic N) is 2. The van der Waals surface area contributed by atoms with Crippen LogP contribution in [0.15, 0.2) is 29.4 Å². The van der Waals surface area contributed by atoms with E-state index in [0.29, 0.717) is 11.5 Å². The molecule has 7 heteroatoms. The average Bonchev–Trinajstić information content (AvgIpc) is 2.45. The summed E-state index contributed by atoms with van der Waals surface area (Å²) in [4.78, 5) is 13.4. The minimum absolute atomic E-state index is 0.0246. The van der Waals surface area contributed by atoms with Crippen molar-refractivity contribution in [1.82, 2.24) is 4.90 Å². The molecule has 0 aromatic heterocycles.